The van der Waals surface area contributed by atoms with Crippen molar-refractivity contribution in [2.75, 3.05) is 6.61 Å². The molecule has 2 rings (SSSR count). The summed E-state index contributed by atoms with van der Waals surface area (Å²) in [5.74, 6) is 0. The lowest BCUT2D eigenvalue weighted by Gasteiger charge is -2.20. The molecule has 0 radical (unpaired) electrons. The summed E-state index contributed by atoms with van der Waals surface area (Å²) in [6.07, 6.45) is 1.62. The highest BCUT2D eigenvalue weighted by molar-refractivity contribution is 6.00. The number of benzene rings is 1. The first kappa shape index (κ1) is 10.2. The number of oxime groups is 1. The van der Waals surface area contributed by atoms with Gasteiger partial charge in [0.1, 0.15) is 0 Å². The van der Waals surface area contributed by atoms with Crippen LogP contribution in [0.4, 0.5) is 0 Å². The first-order chi connectivity index (χ1) is 7.40. The van der Waals surface area contributed by atoms with E-state index in [1.165, 1.54) is 0 Å². The van der Waals surface area contributed by atoms with E-state index in [0.29, 0.717) is 6.61 Å². The average molecular weight is 205 g/mol. The van der Waals surface area contributed by atoms with Crippen LogP contribution in [0.5, 0.6) is 0 Å². The predicted molar refractivity (Wildman–Crippen MR) is 58.7 cm³/mol. The molecule has 1 atom stereocenters. The van der Waals surface area contributed by atoms with Crippen molar-refractivity contribution in [2.24, 2.45) is 5.16 Å². The molecular weight excluding hydrogens is 190 g/mol. The Labute approximate surface area is 89.7 Å². The van der Waals surface area contributed by atoms with Gasteiger partial charge in [0.25, 0.3) is 0 Å². The van der Waals surface area contributed by atoms with Crippen LogP contribution in [0.2, 0.25) is 0 Å². The molecule has 0 aliphatic carbocycles. The van der Waals surface area contributed by atoms with Crippen LogP contribution in [0.15, 0.2) is 35.5 Å². The third-order valence-corrected chi connectivity index (χ3v) is 2.36. The molecule has 0 amide bonds. The van der Waals surface area contributed by atoms with Crippen LogP contribution >= 0.6 is 0 Å². The van der Waals surface area contributed by atoms with Gasteiger partial charge in [0.05, 0.1) is 5.71 Å². The van der Waals surface area contributed by atoms with Gasteiger partial charge in [0.2, 0.25) is 6.29 Å². The van der Waals surface area contributed by atoms with E-state index < -0.39 is 0 Å². The first-order valence-corrected chi connectivity index (χ1v) is 5.30. The number of ether oxygens (including phenoxy) is 1. The molecule has 0 aromatic heterocycles. The molecule has 0 fully saturated rings. The fourth-order valence-corrected chi connectivity index (χ4v) is 1.60. The van der Waals surface area contributed by atoms with E-state index in [9.17, 15) is 0 Å². The Bertz CT molecular complexity index is 335. The smallest absolute Gasteiger partial charge is 0.227 e. The van der Waals surface area contributed by atoms with Gasteiger partial charge in [-0.1, -0.05) is 35.5 Å². The van der Waals surface area contributed by atoms with Gasteiger partial charge in [0.15, 0.2) is 0 Å². The highest BCUT2D eigenvalue weighted by atomic mass is 16.8. The van der Waals surface area contributed by atoms with E-state index >= 15 is 0 Å². The topological polar surface area (TPSA) is 30.8 Å². The molecule has 80 valence electrons. The third kappa shape index (κ3) is 2.57. The van der Waals surface area contributed by atoms with Crippen LogP contribution in [0.1, 0.15) is 25.3 Å². The first-order valence-electron chi connectivity index (χ1n) is 5.30. The van der Waals surface area contributed by atoms with E-state index in [4.69, 9.17) is 9.57 Å². The molecule has 0 N–H and O–H groups in total. The molecule has 3 nitrogen and oxygen atoms in total. The second kappa shape index (κ2) is 4.94. The van der Waals surface area contributed by atoms with E-state index in [1.54, 1.807) is 0 Å². The molecule has 0 saturated heterocycles. The molecule has 0 spiro atoms. The minimum absolute atomic E-state index is 0.164. The van der Waals surface area contributed by atoms with E-state index in [-0.39, 0.29) is 6.29 Å². The lowest BCUT2D eigenvalue weighted by atomic mass is 10.1. The Balaban J connectivity index is 2.02. The summed E-state index contributed by atoms with van der Waals surface area (Å²) in [4.78, 5) is 5.25. The normalized spacial score (nSPS) is 20.6. The van der Waals surface area contributed by atoms with Gasteiger partial charge < -0.3 is 9.57 Å². The number of hydrogen-bond donors (Lipinski definition) is 0. The number of nitrogens with zero attached hydrogens (tertiary/aromatic N) is 1. The van der Waals surface area contributed by atoms with Crippen molar-refractivity contribution in [3.05, 3.63) is 35.9 Å². The van der Waals surface area contributed by atoms with Crippen LogP contribution in [-0.2, 0) is 9.57 Å². The van der Waals surface area contributed by atoms with Crippen LogP contribution in [0.3, 0.4) is 0 Å². The van der Waals surface area contributed by atoms with Crippen molar-refractivity contribution in [3.8, 4) is 0 Å². The Hall–Kier alpha value is -1.35. The molecule has 0 saturated carbocycles. The SMILES string of the molecule is CCOC1CCC(c2ccccc2)=NO1. The lowest BCUT2D eigenvalue weighted by molar-refractivity contribution is -0.147. The fraction of sp³-hybridized carbons (Fsp3) is 0.417. The summed E-state index contributed by atoms with van der Waals surface area (Å²) < 4.78 is 5.34. The van der Waals surface area contributed by atoms with Crippen LogP contribution < -0.4 is 0 Å². The summed E-state index contributed by atoms with van der Waals surface area (Å²) in [6.45, 7) is 2.63. The number of hydrogen-bond acceptors (Lipinski definition) is 3. The second-order valence-corrected chi connectivity index (χ2v) is 3.43. The van der Waals surface area contributed by atoms with Gasteiger partial charge in [0, 0.05) is 13.0 Å². The zero-order valence-corrected chi connectivity index (χ0v) is 8.85. The van der Waals surface area contributed by atoms with Gasteiger partial charge in [-0.3, -0.25) is 0 Å². The molecule has 3 heteroatoms. The van der Waals surface area contributed by atoms with Gasteiger partial charge >= 0.3 is 0 Å². The molecule has 1 aliphatic heterocycles. The molecule has 1 unspecified atom stereocenters. The Morgan fingerprint density at radius 3 is 2.80 bits per heavy atom. The highest BCUT2D eigenvalue weighted by Gasteiger charge is 2.17. The summed E-state index contributed by atoms with van der Waals surface area (Å²) in [6, 6.07) is 10.1. The van der Waals surface area contributed by atoms with Crippen molar-refractivity contribution in [3.63, 3.8) is 0 Å². The largest absolute Gasteiger partial charge is 0.363 e. The minimum Gasteiger partial charge on any atom is -0.363 e. The molecule has 1 aromatic carbocycles. The summed E-state index contributed by atoms with van der Waals surface area (Å²) in [5.41, 5.74) is 2.14. The number of rotatable bonds is 3. The van der Waals surface area contributed by atoms with Gasteiger partial charge in [-0.2, -0.15) is 0 Å². The minimum atomic E-state index is -0.164. The van der Waals surface area contributed by atoms with Crippen molar-refractivity contribution >= 4 is 5.71 Å². The quantitative estimate of drug-likeness (QED) is 0.759. The van der Waals surface area contributed by atoms with E-state index in [1.807, 2.05) is 37.3 Å². The predicted octanol–water partition coefficient (Wildman–Crippen LogP) is 2.56. The summed E-state index contributed by atoms with van der Waals surface area (Å²) >= 11 is 0. The van der Waals surface area contributed by atoms with E-state index in [2.05, 4.69) is 5.16 Å². The van der Waals surface area contributed by atoms with Gasteiger partial charge in [-0.25, -0.2) is 0 Å². The second-order valence-electron chi connectivity index (χ2n) is 3.43. The maximum Gasteiger partial charge on any atom is 0.227 e. The zero-order chi connectivity index (χ0) is 10.5. The molecule has 1 heterocycles. The van der Waals surface area contributed by atoms with E-state index in [0.717, 1.165) is 24.1 Å². The maximum atomic E-state index is 5.34. The molecule has 1 aromatic rings. The molecule has 1 aliphatic rings. The van der Waals surface area contributed by atoms with Crippen LogP contribution in [0, 0.1) is 0 Å². The van der Waals surface area contributed by atoms with Crippen molar-refractivity contribution < 1.29 is 9.57 Å². The summed E-state index contributed by atoms with van der Waals surface area (Å²) in [7, 11) is 0. The van der Waals surface area contributed by atoms with Gasteiger partial charge in [-0.15, -0.1) is 0 Å². The maximum absolute atomic E-state index is 5.34. The highest BCUT2D eigenvalue weighted by Crippen LogP contribution is 2.16. The average Bonchev–Trinajstić information content (AvgIpc) is 2.32. The van der Waals surface area contributed by atoms with Gasteiger partial charge in [-0.05, 0) is 18.9 Å². The van der Waals surface area contributed by atoms with Crippen LogP contribution in [-0.4, -0.2) is 18.6 Å². The standard InChI is InChI=1S/C12H15NO2/c1-2-14-12-9-8-11(13-15-12)10-6-4-3-5-7-10/h3-7,12H,2,8-9H2,1H3. The van der Waals surface area contributed by atoms with Crippen LogP contribution in [0.25, 0.3) is 0 Å². The van der Waals surface area contributed by atoms with Crippen molar-refractivity contribution in [1.29, 1.82) is 0 Å². The fourth-order valence-electron chi connectivity index (χ4n) is 1.60. The molecule has 15 heavy (non-hydrogen) atoms. The lowest BCUT2D eigenvalue weighted by Crippen LogP contribution is -2.22. The summed E-state index contributed by atoms with van der Waals surface area (Å²) in [5, 5.41) is 4.09. The Kier molecular flexibility index (Phi) is 3.35. The van der Waals surface area contributed by atoms with Crippen molar-refractivity contribution in [2.45, 2.75) is 26.1 Å². The molecular formula is C12H15NO2. The Morgan fingerprint density at radius 2 is 2.20 bits per heavy atom. The van der Waals surface area contributed by atoms with Crippen molar-refractivity contribution in [1.82, 2.24) is 0 Å². The zero-order valence-electron chi connectivity index (χ0n) is 8.85. The monoisotopic (exact) mass is 205 g/mol. The third-order valence-electron chi connectivity index (χ3n) is 2.36. The Morgan fingerprint density at radius 1 is 1.40 bits per heavy atom. The molecule has 0 bridgehead atoms.